The highest BCUT2D eigenvalue weighted by molar-refractivity contribution is 6.12. The number of carbonyl (C=O) groups is 1. The van der Waals surface area contributed by atoms with Crippen molar-refractivity contribution in [3.05, 3.63) is 47.8 Å². The van der Waals surface area contributed by atoms with Crippen LogP contribution in [-0.2, 0) is 7.05 Å². The summed E-state index contributed by atoms with van der Waals surface area (Å²) in [7, 11) is 1.78. The number of hydrogen-bond acceptors (Lipinski definition) is 4. The van der Waals surface area contributed by atoms with Crippen molar-refractivity contribution in [1.29, 1.82) is 0 Å². The molecule has 1 aliphatic rings. The predicted octanol–water partition coefficient (Wildman–Crippen LogP) is 2.04. The van der Waals surface area contributed by atoms with Gasteiger partial charge >= 0.3 is 0 Å². The van der Waals surface area contributed by atoms with E-state index in [-0.39, 0.29) is 5.91 Å². The number of aromatic nitrogens is 2. The molecule has 6 nitrogen and oxygen atoms in total. The second-order valence-electron chi connectivity index (χ2n) is 5.03. The van der Waals surface area contributed by atoms with Crippen LogP contribution in [0.15, 0.2) is 41.8 Å². The normalized spacial score (nSPS) is 16.6. The van der Waals surface area contributed by atoms with Gasteiger partial charge in [0.25, 0.3) is 5.91 Å². The summed E-state index contributed by atoms with van der Waals surface area (Å²) >= 11 is 0. The number of anilines is 1. The van der Waals surface area contributed by atoms with Crippen LogP contribution in [0.4, 0.5) is 5.69 Å². The minimum atomic E-state index is -0.0882. The third-order valence-electron chi connectivity index (χ3n) is 3.62. The fourth-order valence-electron chi connectivity index (χ4n) is 2.62. The van der Waals surface area contributed by atoms with E-state index >= 15 is 0 Å². The maximum atomic E-state index is 12.7. The van der Waals surface area contributed by atoms with E-state index in [0.717, 1.165) is 17.7 Å². The Morgan fingerprint density at radius 2 is 2.19 bits per heavy atom. The molecule has 0 saturated carbocycles. The lowest BCUT2D eigenvalue weighted by Gasteiger charge is -2.22. The molecule has 21 heavy (non-hydrogen) atoms. The van der Waals surface area contributed by atoms with E-state index in [4.69, 9.17) is 0 Å². The Morgan fingerprint density at radius 3 is 2.90 bits per heavy atom. The standard InChI is InChI=1S/C15H16N4O2/c1-18-10-11(9-16-18)15(20)19-8-4-6-13(17-21)12-5-2-3-7-14(12)19/h2-3,5,7,9-10,21H,4,6,8H2,1H3/b17-13-. The van der Waals surface area contributed by atoms with E-state index in [1.165, 1.54) is 0 Å². The van der Waals surface area contributed by atoms with Gasteiger partial charge < -0.3 is 10.1 Å². The van der Waals surface area contributed by atoms with Crippen molar-refractivity contribution >= 4 is 17.3 Å². The molecule has 0 saturated heterocycles. The molecule has 0 aliphatic carbocycles. The van der Waals surface area contributed by atoms with Gasteiger partial charge in [-0.05, 0) is 18.9 Å². The topological polar surface area (TPSA) is 70.7 Å². The van der Waals surface area contributed by atoms with Gasteiger partial charge in [-0.2, -0.15) is 5.10 Å². The van der Waals surface area contributed by atoms with E-state index in [0.29, 0.717) is 24.2 Å². The minimum absolute atomic E-state index is 0.0882. The van der Waals surface area contributed by atoms with E-state index < -0.39 is 0 Å². The van der Waals surface area contributed by atoms with Crippen LogP contribution in [0, 0.1) is 0 Å². The van der Waals surface area contributed by atoms with Crippen LogP contribution in [0.5, 0.6) is 0 Å². The lowest BCUT2D eigenvalue weighted by Crippen LogP contribution is -2.31. The van der Waals surface area contributed by atoms with Crippen LogP contribution in [0.3, 0.4) is 0 Å². The van der Waals surface area contributed by atoms with Crippen LogP contribution in [0.2, 0.25) is 0 Å². The van der Waals surface area contributed by atoms with E-state index in [2.05, 4.69) is 10.3 Å². The lowest BCUT2D eigenvalue weighted by atomic mass is 10.1. The molecule has 1 amide bonds. The second kappa shape index (κ2) is 5.40. The molecule has 0 fully saturated rings. The number of hydrogen-bond donors (Lipinski definition) is 1. The van der Waals surface area contributed by atoms with Crippen molar-refractivity contribution in [3.8, 4) is 0 Å². The Kier molecular flexibility index (Phi) is 3.43. The van der Waals surface area contributed by atoms with Crippen LogP contribution < -0.4 is 4.90 Å². The van der Waals surface area contributed by atoms with Crippen LogP contribution in [0.25, 0.3) is 0 Å². The molecule has 0 radical (unpaired) electrons. The summed E-state index contributed by atoms with van der Waals surface area (Å²) in [5, 5.41) is 16.6. The average molecular weight is 284 g/mol. The van der Waals surface area contributed by atoms with Crippen molar-refractivity contribution in [2.75, 3.05) is 11.4 Å². The molecule has 1 aliphatic heterocycles. The monoisotopic (exact) mass is 284 g/mol. The van der Waals surface area contributed by atoms with Gasteiger partial charge in [0, 0.05) is 25.4 Å². The summed E-state index contributed by atoms with van der Waals surface area (Å²) in [6, 6.07) is 7.50. The van der Waals surface area contributed by atoms with Gasteiger partial charge in [-0.25, -0.2) is 0 Å². The third-order valence-corrected chi connectivity index (χ3v) is 3.62. The Balaban J connectivity index is 2.04. The quantitative estimate of drug-likeness (QED) is 0.643. The zero-order chi connectivity index (χ0) is 14.8. The highest BCUT2D eigenvalue weighted by Gasteiger charge is 2.25. The molecule has 1 N–H and O–H groups in total. The summed E-state index contributed by atoms with van der Waals surface area (Å²) in [4.78, 5) is 14.4. The number of benzene rings is 1. The van der Waals surface area contributed by atoms with Gasteiger partial charge in [-0.15, -0.1) is 0 Å². The Labute approximate surface area is 122 Å². The van der Waals surface area contributed by atoms with Crippen molar-refractivity contribution in [1.82, 2.24) is 9.78 Å². The first-order valence-electron chi connectivity index (χ1n) is 6.81. The average Bonchev–Trinajstić information content (AvgIpc) is 2.84. The number of para-hydroxylation sites is 1. The molecule has 3 rings (SSSR count). The smallest absolute Gasteiger partial charge is 0.261 e. The fraction of sp³-hybridized carbons (Fsp3) is 0.267. The van der Waals surface area contributed by atoms with Gasteiger partial charge in [0.1, 0.15) is 0 Å². The molecular formula is C15H16N4O2. The van der Waals surface area contributed by atoms with Gasteiger partial charge in [0.05, 0.1) is 23.2 Å². The zero-order valence-electron chi connectivity index (χ0n) is 11.7. The summed E-state index contributed by atoms with van der Waals surface area (Å²) in [6.45, 7) is 0.587. The lowest BCUT2D eigenvalue weighted by molar-refractivity contribution is 0.0987. The predicted molar refractivity (Wildman–Crippen MR) is 78.9 cm³/mol. The van der Waals surface area contributed by atoms with Crippen LogP contribution >= 0.6 is 0 Å². The summed E-state index contributed by atoms with van der Waals surface area (Å²) < 4.78 is 1.61. The number of aryl methyl sites for hydroxylation is 1. The molecule has 0 atom stereocenters. The molecule has 6 heteroatoms. The van der Waals surface area contributed by atoms with Gasteiger partial charge in [0.2, 0.25) is 0 Å². The summed E-state index contributed by atoms with van der Waals surface area (Å²) in [6.07, 6.45) is 4.66. The molecule has 0 unspecified atom stereocenters. The Hall–Kier alpha value is -2.63. The molecule has 2 aromatic rings. The Bertz CT molecular complexity index is 705. The Morgan fingerprint density at radius 1 is 1.38 bits per heavy atom. The summed E-state index contributed by atoms with van der Waals surface area (Å²) in [5.41, 5.74) is 2.75. The molecular weight excluding hydrogens is 268 g/mol. The van der Waals surface area contributed by atoms with Crippen molar-refractivity contribution in [2.45, 2.75) is 12.8 Å². The van der Waals surface area contributed by atoms with E-state index in [1.54, 1.807) is 29.0 Å². The minimum Gasteiger partial charge on any atom is -0.411 e. The van der Waals surface area contributed by atoms with Crippen molar-refractivity contribution < 1.29 is 10.0 Å². The molecule has 2 heterocycles. The summed E-state index contributed by atoms with van der Waals surface area (Å²) in [5.74, 6) is -0.0882. The van der Waals surface area contributed by atoms with Gasteiger partial charge in [0.15, 0.2) is 0 Å². The highest BCUT2D eigenvalue weighted by atomic mass is 16.4. The largest absolute Gasteiger partial charge is 0.411 e. The number of amides is 1. The first-order valence-corrected chi connectivity index (χ1v) is 6.81. The molecule has 1 aromatic heterocycles. The maximum absolute atomic E-state index is 12.7. The van der Waals surface area contributed by atoms with Crippen molar-refractivity contribution in [2.24, 2.45) is 12.2 Å². The number of oxime groups is 1. The third kappa shape index (κ3) is 2.40. The molecule has 0 bridgehead atoms. The first-order chi connectivity index (χ1) is 10.2. The molecule has 0 spiro atoms. The maximum Gasteiger partial charge on any atom is 0.261 e. The van der Waals surface area contributed by atoms with E-state index in [1.807, 2.05) is 24.3 Å². The number of carbonyl (C=O) groups excluding carboxylic acids is 1. The van der Waals surface area contributed by atoms with E-state index in [9.17, 15) is 10.0 Å². The number of nitrogens with zero attached hydrogens (tertiary/aromatic N) is 4. The first kappa shape index (κ1) is 13.4. The fourth-order valence-corrected chi connectivity index (χ4v) is 2.62. The number of rotatable bonds is 1. The zero-order valence-corrected chi connectivity index (χ0v) is 11.7. The van der Waals surface area contributed by atoms with Gasteiger partial charge in [-0.1, -0.05) is 23.4 Å². The highest BCUT2D eigenvalue weighted by Crippen LogP contribution is 2.27. The van der Waals surface area contributed by atoms with Crippen molar-refractivity contribution in [3.63, 3.8) is 0 Å². The molecule has 108 valence electrons. The van der Waals surface area contributed by atoms with Crippen LogP contribution in [-0.4, -0.2) is 33.2 Å². The number of fused-ring (bicyclic) bond motifs is 1. The van der Waals surface area contributed by atoms with Gasteiger partial charge in [-0.3, -0.25) is 9.48 Å². The second-order valence-corrected chi connectivity index (χ2v) is 5.03. The SMILES string of the molecule is Cn1cc(C(=O)N2CCC/C(=N/O)c3ccccc32)cn1. The van der Waals surface area contributed by atoms with Crippen LogP contribution in [0.1, 0.15) is 28.8 Å². The molecule has 1 aromatic carbocycles.